The molecule has 0 radical (unpaired) electrons. The topological polar surface area (TPSA) is 85.3 Å². The first-order valence-corrected chi connectivity index (χ1v) is 10.3. The van der Waals surface area contributed by atoms with E-state index in [4.69, 9.17) is 0 Å². The average molecular weight is 425 g/mol. The summed E-state index contributed by atoms with van der Waals surface area (Å²) in [5.41, 5.74) is 1.85. The third-order valence-corrected chi connectivity index (χ3v) is 4.64. The Morgan fingerprint density at radius 1 is 1.06 bits per heavy atom. The van der Waals surface area contributed by atoms with E-state index < -0.39 is 6.10 Å². The maximum Gasteiger partial charge on any atom is 0.229 e. The maximum atomic E-state index is 14.4. The minimum atomic E-state index is -0.653. The first-order valence-electron chi connectivity index (χ1n) is 10.3. The molecule has 31 heavy (non-hydrogen) atoms. The highest BCUT2D eigenvalue weighted by Gasteiger charge is 2.08. The molecule has 8 heteroatoms. The number of aliphatic hydroxyl groups excluding tert-OH is 1. The van der Waals surface area contributed by atoms with Crippen LogP contribution in [0.4, 0.5) is 27.5 Å². The van der Waals surface area contributed by atoms with Crippen LogP contribution in [0.3, 0.4) is 0 Å². The zero-order valence-corrected chi connectivity index (χ0v) is 17.8. The molecule has 7 nitrogen and oxygen atoms in total. The van der Waals surface area contributed by atoms with Crippen LogP contribution in [-0.2, 0) is 0 Å². The zero-order valence-electron chi connectivity index (χ0n) is 17.8. The van der Waals surface area contributed by atoms with Crippen LogP contribution >= 0.6 is 0 Å². The molecule has 1 heterocycles. The van der Waals surface area contributed by atoms with Crippen molar-refractivity contribution >= 4 is 23.1 Å². The molecule has 0 spiro atoms. The highest BCUT2D eigenvalue weighted by molar-refractivity contribution is 5.60. The summed E-state index contributed by atoms with van der Waals surface area (Å²) >= 11 is 0. The Morgan fingerprint density at radius 3 is 2.61 bits per heavy atom. The summed E-state index contributed by atoms with van der Waals surface area (Å²) in [6.45, 7) is 1.95. The van der Waals surface area contributed by atoms with Crippen LogP contribution < -0.4 is 16.0 Å². The van der Waals surface area contributed by atoms with Gasteiger partial charge in [-0.3, -0.25) is 0 Å². The Balaban J connectivity index is 1.54. The number of hydrogen-bond donors (Lipinski definition) is 4. The van der Waals surface area contributed by atoms with Gasteiger partial charge in [-0.15, -0.1) is 0 Å². The normalized spacial score (nSPS) is 11.9. The van der Waals surface area contributed by atoms with Crippen LogP contribution in [0.5, 0.6) is 0 Å². The van der Waals surface area contributed by atoms with E-state index in [0.717, 1.165) is 18.5 Å². The van der Waals surface area contributed by atoms with Crippen LogP contribution in [-0.4, -0.2) is 53.7 Å². The second kappa shape index (κ2) is 11.2. The van der Waals surface area contributed by atoms with Gasteiger partial charge in [-0.2, -0.15) is 4.98 Å². The van der Waals surface area contributed by atoms with E-state index in [0.29, 0.717) is 36.2 Å². The molecule has 2 aromatic carbocycles. The van der Waals surface area contributed by atoms with Gasteiger partial charge in [-0.1, -0.05) is 30.3 Å². The fourth-order valence-electron chi connectivity index (χ4n) is 3.00. The Morgan fingerprint density at radius 2 is 1.87 bits per heavy atom. The molecule has 0 amide bonds. The van der Waals surface area contributed by atoms with Crippen LogP contribution in [0.1, 0.15) is 18.1 Å². The van der Waals surface area contributed by atoms with Crippen molar-refractivity contribution in [2.24, 2.45) is 0 Å². The second-order valence-corrected chi connectivity index (χ2v) is 7.48. The molecule has 0 fully saturated rings. The van der Waals surface area contributed by atoms with Gasteiger partial charge in [0.25, 0.3) is 0 Å². The van der Waals surface area contributed by atoms with Gasteiger partial charge in [0.05, 0.1) is 11.8 Å². The lowest BCUT2D eigenvalue weighted by molar-refractivity contribution is 0.191. The van der Waals surface area contributed by atoms with Gasteiger partial charge in [0, 0.05) is 25.0 Å². The minimum absolute atomic E-state index is 0.309. The summed E-state index contributed by atoms with van der Waals surface area (Å²) in [5.74, 6) is 0.563. The highest BCUT2D eigenvalue weighted by Crippen LogP contribution is 2.21. The summed E-state index contributed by atoms with van der Waals surface area (Å²) in [6.07, 6.45) is 1.88. The summed E-state index contributed by atoms with van der Waals surface area (Å²) in [5, 5.41) is 19.5. The van der Waals surface area contributed by atoms with Crippen molar-refractivity contribution in [1.82, 2.24) is 14.9 Å². The molecule has 0 aliphatic carbocycles. The number of hydrogen-bond acceptors (Lipinski definition) is 7. The molecule has 3 rings (SSSR count). The van der Waals surface area contributed by atoms with Crippen LogP contribution in [0.25, 0.3) is 0 Å². The third-order valence-electron chi connectivity index (χ3n) is 4.64. The molecule has 0 saturated heterocycles. The van der Waals surface area contributed by atoms with Crippen molar-refractivity contribution in [2.45, 2.75) is 12.5 Å². The standard InChI is InChI=1S/C23H29FN6O/c1-30(2)14-6-12-25-20-10-9-18(15-19(20)24)28-23-26-13-11-22(29-23)27-16-21(31)17-7-4-3-5-8-17/h3-5,7-11,13,15,21,25,31H,6,12,14,16H2,1-2H3,(H2,26,27,28,29). The first kappa shape index (κ1) is 22.5. The minimum Gasteiger partial charge on any atom is -0.387 e. The predicted octanol–water partition coefficient (Wildman–Crippen LogP) is 3.87. The van der Waals surface area contributed by atoms with E-state index in [2.05, 4.69) is 30.8 Å². The fraction of sp³-hybridized carbons (Fsp3) is 0.304. The molecule has 1 aromatic heterocycles. The quantitative estimate of drug-likeness (QED) is 0.348. The maximum absolute atomic E-state index is 14.4. The molecule has 0 bridgehead atoms. The molecule has 1 unspecified atom stereocenters. The summed E-state index contributed by atoms with van der Waals surface area (Å²) in [6, 6.07) is 16.0. The Labute approximate surface area is 182 Å². The fourth-order valence-corrected chi connectivity index (χ4v) is 3.00. The van der Waals surface area contributed by atoms with E-state index in [1.54, 1.807) is 24.4 Å². The van der Waals surface area contributed by atoms with Gasteiger partial charge >= 0.3 is 0 Å². The lowest BCUT2D eigenvalue weighted by Crippen LogP contribution is -2.16. The lowest BCUT2D eigenvalue weighted by atomic mass is 10.1. The molecule has 1 atom stereocenters. The van der Waals surface area contributed by atoms with Gasteiger partial charge < -0.3 is 26.0 Å². The van der Waals surface area contributed by atoms with E-state index in [1.807, 2.05) is 44.4 Å². The number of nitrogens with one attached hydrogen (secondary N) is 3. The lowest BCUT2D eigenvalue weighted by Gasteiger charge is -2.14. The number of halogens is 1. The van der Waals surface area contributed by atoms with Gasteiger partial charge in [0.1, 0.15) is 11.6 Å². The number of rotatable bonds is 11. The Bertz CT molecular complexity index is 954. The Kier molecular flexibility index (Phi) is 8.14. The molecule has 3 aromatic rings. The Hall–Kier alpha value is -3.23. The summed E-state index contributed by atoms with van der Waals surface area (Å²) in [7, 11) is 4.03. The molecular formula is C23H29FN6O. The predicted molar refractivity (Wildman–Crippen MR) is 123 cm³/mol. The average Bonchev–Trinajstić information content (AvgIpc) is 2.77. The van der Waals surface area contributed by atoms with Crippen molar-refractivity contribution in [1.29, 1.82) is 0 Å². The van der Waals surface area contributed by atoms with E-state index >= 15 is 0 Å². The first-order chi connectivity index (χ1) is 15.0. The number of benzene rings is 2. The van der Waals surface area contributed by atoms with Gasteiger partial charge in [0.15, 0.2) is 0 Å². The number of nitrogens with zero attached hydrogens (tertiary/aromatic N) is 3. The monoisotopic (exact) mass is 424 g/mol. The third kappa shape index (κ3) is 7.20. The number of aromatic nitrogens is 2. The zero-order chi connectivity index (χ0) is 22.1. The summed E-state index contributed by atoms with van der Waals surface area (Å²) < 4.78 is 14.4. The molecule has 0 aliphatic rings. The second-order valence-electron chi connectivity index (χ2n) is 7.48. The van der Waals surface area contributed by atoms with E-state index in [-0.39, 0.29) is 5.82 Å². The van der Waals surface area contributed by atoms with Crippen molar-refractivity contribution in [2.75, 3.05) is 49.7 Å². The largest absolute Gasteiger partial charge is 0.387 e. The molecule has 4 N–H and O–H groups in total. The molecule has 0 aliphatic heterocycles. The van der Waals surface area contributed by atoms with Crippen molar-refractivity contribution in [3.8, 4) is 0 Å². The molecule has 164 valence electrons. The van der Waals surface area contributed by atoms with Crippen LogP contribution in [0, 0.1) is 5.82 Å². The van der Waals surface area contributed by atoms with Crippen LogP contribution in [0.2, 0.25) is 0 Å². The van der Waals surface area contributed by atoms with Crippen molar-refractivity contribution in [3.63, 3.8) is 0 Å². The van der Waals surface area contributed by atoms with Crippen molar-refractivity contribution < 1.29 is 9.50 Å². The van der Waals surface area contributed by atoms with Crippen molar-refractivity contribution in [3.05, 3.63) is 72.2 Å². The summed E-state index contributed by atoms with van der Waals surface area (Å²) in [4.78, 5) is 10.7. The van der Waals surface area contributed by atoms with Gasteiger partial charge in [-0.25, -0.2) is 9.37 Å². The highest BCUT2D eigenvalue weighted by atomic mass is 19.1. The van der Waals surface area contributed by atoms with Crippen LogP contribution in [0.15, 0.2) is 60.8 Å². The number of anilines is 4. The number of aliphatic hydroxyl groups is 1. The molecular weight excluding hydrogens is 395 g/mol. The van der Waals surface area contributed by atoms with E-state index in [9.17, 15) is 9.50 Å². The smallest absolute Gasteiger partial charge is 0.229 e. The van der Waals surface area contributed by atoms with Gasteiger partial charge in [-0.05, 0) is 56.9 Å². The van der Waals surface area contributed by atoms with Gasteiger partial charge in [0.2, 0.25) is 5.95 Å². The SMILES string of the molecule is CN(C)CCCNc1ccc(Nc2nccc(NCC(O)c3ccccc3)n2)cc1F. The van der Waals surface area contributed by atoms with E-state index in [1.165, 1.54) is 6.07 Å². The molecule has 0 saturated carbocycles.